The fourth-order valence-corrected chi connectivity index (χ4v) is 5.98. The van der Waals surface area contributed by atoms with Gasteiger partial charge in [-0.1, -0.05) is 91.5 Å². The van der Waals surface area contributed by atoms with Gasteiger partial charge in [0.2, 0.25) is 0 Å². The summed E-state index contributed by atoms with van der Waals surface area (Å²) in [4.78, 5) is 0. The molecule has 0 saturated heterocycles. The SMILES string of the molecule is C/C=C/C1CCC(/C=C/C)CC1.CC(C)C1CCC(C(C)C)CC1.CC1CCC(C)CC1.[HH].[HH].[HH]. The van der Waals surface area contributed by atoms with E-state index in [0.717, 1.165) is 47.3 Å². The average molecular weight is 451 g/mol. The van der Waals surface area contributed by atoms with Crippen molar-refractivity contribution >= 4 is 0 Å². The normalized spacial score (nSPS) is 33.7. The van der Waals surface area contributed by atoms with E-state index >= 15 is 0 Å². The molecule has 0 aromatic heterocycles. The Bertz CT molecular complexity index is 441. The minimum Gasteiger partial charge on any atom is -0.0914 e. The van der Waals surface area contributed by atoms with E-state index in [1.165, 1.54) is 77.0 Å². The highest BCUT2D eigenvalue weighted by atomic mass is 14.3. The smallest absolute Gasteiger partial charge is 0 e. The molecule has 0 aliphatic heterocycles. The molecule has 0 aromatic carbocycles. The molecule has 0 aromatic rings. The molecule has 0 nitrogen and oxygen atoms in total. The van der Waals surface area contributed by atoms with Gasteiger partial charge in [-0.15, -0.1) is 0 Å². The summed E-state index contributed by atoms with van der Waals surface area (Å²) in [6, 6.07) is 0. The molecule has 3 saturated carbocycles. The molecular formula is C32H66. The molecule has 0 bridgehead atoms. The maximum Gasteiger partial charge on any atom is 0 e. The van der Waals surface area contributed by atoms with Crippen LogP contribution in [0.5, 0.6) is 0 Å². The molecule has 0 amide bonds. The van der Waals surface area contributed by atoms with Gasteiger partial charge in [0.15, 0.2) is 0 Å². The summed E-state index contributed by atoms with van der Waals surface area (Å²) in [5.41, 5.74) is 0. The first kappa shape index (κ1) is 29.5. The molecule has 3 rings (SSSR count). The molecule has 0 heterocycles. The second-order valence-corrected chi connectivity index (χ2v) is 12.3. The van der Waals surface area contributed by atoms with Gasteiger partial charge in [0.05, 0.1) is 0 Å². The van der Waals surface area contributed by atoms with E-state index in [-0.39, 0.29) is 4.28 Å². The van der Waals surface area contributed by atoms with E-state index in [4.69, 9.17) is 0 Å². The first-order valence-electron chi connectivity index (χ1n) is 14.5. The molecule has 0 heteroatoms. The fourth-order valence-electron chi connectivity index (χ4n) is 5.98. The van der Waals surface area contributed by atoms with Crippen molar-refractivity contribution in [1.29, 1.82) is 0 Å². The highest BCUT2D eigenvalue weighted by Crippen LogP contribution is 2.36. The van der Waals surface area contributed by atoms with Crippen molar-refractivity contribution < 1.29 is 4.28 Å². The molecule has 0 spiro atoms. The predicted octanol–water partition coefficient (Wildman–Crippen LogP) is 11.6. The zero-order valence-electron chi connectivity index (χ0n) is 23.4. The lowest BCUT2D eigenvalue weighted by molar-refractivity contribution is 0.189. The van der Waals surface area contributed by atoms with E-state index < -0.39 is 0 Å². The van der Waals surface area contributed by atoms with Gasteiger partial charge >= 0.3 is 0 Å². The van der Waals surface area contributed by atoms with Gasteiger partial charge < -0.3 is 0 Å². The Labute approximate surface area is 208 Å². The lowest BCUT2D eigenvalue weighted by Crippen LogP contribution is -2.21. The van der Waals surface area contributed by atoms with Crippen LogP contribution in [0.25, 0.3) is 0 Å². The summed E-state index contributed by atoms with van der Waals surface area (Å²) in [6.45, 7) is 18.5. The summed E-state index contributed by atoms with van der Waals surface area (Å²) < 4.78 is 0. The van der Waals surface area contributed by atoms with E-state index in [9.17, 15) is 0 Å². The zero-order chi connectivity index (χ0) is 23.9. The van der Waals surface area contributed by atoms with E-state index in [1.807, 2.05) is 0 Å². The molecule has 3 fully saturated rings. The third-order valence-corrected chi connectivity index (χ3v) is 8.75. The van der Waals surface area contributed by atoms with Gasteiger partial charge in [0, 0.05) is 4.28 Å². The molecular weight excluding hydrogens is 384 g/mol. The van der Waals surface area contributed by atoms with Crippen LogP contribution in [-0.4, -0.2) is 0 Å². The quantitative estimate of drug-likeness (QED) is 0.373. The van der Waals surface area contributed by atoms with Crippen LogP contribution in [0.4, 0.5) is 0 Å². The van der Waals surface area contributed by atoms with Crippen LogP contribution in [0.3, 0.4) is 0 Å². The Morgan fingerprint density at radius 1 is 0.500 bits per heavy atom. The highest BCUT2D eigenvalue weighted by molar-refractivity contribution is 4.94. The van der Waals surface area contributed by atoms with Crippen LogP contribution in [-0.2, 0) is 0 Å². The van der Waals surface area contributed by atoms with Gasteiger partial charge in [-0.05, 0) is 113 Å². The average Bonchev–Trinajstić information content (AvgIpc) is 2.78. The number of hydrogen-bond donors (Lipinski definition) is 0. The molecule has 3 aliphatic rings. The standard InChI is InChI=1S/C12H24.C12H20.C8H16.3H2/c1-9(2)11-5-7-12(8-6-11)10(3)4;1-3-5-11-7-9-12(6-4-2)10-8-11;1-7-3-5-8(2)6-4-7;;;/h9-12H,5-8H2,1-4H3;3-6,11-12H,7-10H2,1-2H3;7-8H,3-6H2,1-2H3;3*1H/b;5-3+,6-4+;;;;. The van der Waals surface area contributed by atoms with Crippen molar-refractivity contribution in [2.24, 2.45) is 47.3 Å². The molecule has 0 atom stereocenters. The molecule has 0 unspecified atom stereocenters. The van der Waals surface area contributed by atoms with Gasteiger partial charge in [0.1, 0.15) is 0 Å². The highest BCUT2D eigenvalue weighted by Gasteiger charge is 2.24. The third kappa shape index (κ3) is 12.6. The van der Waals surface area contributed by atoms with Crippen molar-refractivity contribution in [1.82, 2.24) is 0 Å². The Kier molecular flexibility index (Phi) is 15.7. The van der Waals surface area contributed by atoms with Crippen molar-refractivity contribution in [3.05, 3.63) is 24.3 Å². The van der Waals surface area contributed by atoms with Crippen molar-refractivity contribution in [2.45, 2.75) is 132 Å². The first-order chi connectivity index (χ1) is 15.3. The Morgan fingerprint density at radius 3 is 1.00 bits per heavy atom. The van der Waals surface area contributed by atoms with E-state index in [1.54, 1.807) is 0 Å². The molecule has 0 radical (unpaired) electrons. The maximum atomic E-state index is 2.38. The van der Waals surface area contributed by atoms with Crippen LogP contribution in [0.1, 0.15) is 137 Å². The third-order valence-electron chi connectivity index (χ3n) is 8.75. The van der Waals surface area contributed by atoms with Gasteiger partial charge in [0.25, 0.3) is 0 Å². The fraction of sp³-hybridized carbons (Fsp3) is 0.875. The zero-order valence-corrected chi connectivity index (χ0v) is 23.4. The summed E-state index contributed by atoms with van der Waals surface area (Å²) >= 11 is 0. The summed E-state index contributed by atoms with van der Waals surface area (Å²) in [7, 11) is 0. The van der Waals surface area contributed by atoms with Gasteiger partial charge in [-0.2, -0.15) is 0 Å². The maximum absolute atomic E-state index is 2.38. The van der Waals surface area contributed by atoms with Gasteiger partial charge in [-0.3, -0.25) is 0 Å². The van der Waals surface area contributed by atoms with Crippen LogP contribution in [0, 0.1) is 47.3 Å². The second-order valence-electron chi connectivity index (χ2n) is 12.3. The Balaban J connectivity index is -0.000000429. The summed E-state index contributed by atoms with van der Waals surface area (Å²) in [6.07, 6.45) is 26.5. The first-order valence-corrected chi connectivity index (χ1v) is 14.5. The molecule has 194 valence electrons. The Hall–Kier alpha value is -0.520. The van der Waals surface area contributed by atoms with Crippen molar-refractivity contribution in [2.75, 3.05) is 0 Å². The largest absolute Gasteiger partial charge is 0.0914 e. The minimum atomic E-state index is 0. The minimum absolute atomic E-state index is 0. The van der Waals surface area contributed by atoms with E-state index in [0.29, 0.717) is 0 Å². The lowest BCUT2D eigenvalue weighted by Gasteiger charge is -2.32. The molecule has 3 aliphatic carbocycles. The molecule has 0 N–H and O–H groups in total. The topological polar surface area (TPSA) is 0 Å². The van der Waals surface area contributed by atoms with Crippen LogP contribution in [0.2, 0.25) is 0 Å². The predicted molar refractivity (Wildman–Crippen MR) is 153 cm³/mol. The van der Waals surface area contributed by atoms with Gasteiger partial charge in [-0.25, -0.2) is 0 Å². The monoisotopic (exact) mass is 451 g/mol. The van der Waals surface area contributed by atoms with Crippen molar-refractivity contribution in [3.63, 3.8) is 0 Å². The second kappa shape index (κ2) is 17.0. The van der Waals surface area contributed by atoms with Crippen LogP contribution in [0.15, 0.2) is 24.3 Å². The Morgan fingerprint density at radius 2 is 0.781 bits per heavy atom. The number of allylic oxidation sites excluding steroid dienone is 4. The van der Waals surface area contributed by atoms with Crippen LogP contribution >= 0.6 is 0 Å². The summed E-state index contributed by atoms with van der Waals surface area (Å²) in [5, 5.41) is 0. The van der Waals surface area contributed by atoms with Crippen molar-refractivity contribution in [3.8, 4) is 0 Å². The lowest BCUT2D eigenvalue weighted by atomic mass is 9.73. The number of rotatable bonds is 4. The van der Waals surface area contributed by atoms with Crippen LogP contribution < -0.4 is 0 Å². The number of hydrogen-bond acceptors (Lipinski definition) is 0. The van der Waals surface area contributed by atoms with E-state index in [2.05, 4.69) is 79.7 Å². The summed E-state index contributed by atoms with van der Waals surface area (Å²) in [5.74, 6) is 7.67. The molecule has 32 heavy (non-hydrogen) atoms.